The summed E-state index contributed by atoms with van der Waals surface area (Å²) >= 11 is 0. The van der Waals surface area contributed by atoms with Crippen molar-refractivity contribution in [2.75, 3.05) is 26.2 Å². The van der Waals surface area contributed by atoms with Crippen LogP contribution in [0.2, 0.25) is 0 Å². The van der Waals surface area contributed by atoms with Crippen LogP contribution in [0, 0.1) is 0 Å². The summed E-state index contributed by atoms with van der Waals surface area (Å²) in [5.74, 6) is -4.16. The van der Waals surface area contributed by atoms with Crippen molar-refractivity contribution >= 4 is 40.0 Å². The fraction of sp³-hybridized carbons (Fsp3) is 0.389. The van der Waals surface area contributed by atoms with Crippen molar-refractivity contribution in [1.29, 1.82) is 0 Å². The van der Waals surface area contributed by atoms with E-state index in [1.165, 1.54) is 29.2 Å². The molecule has 0 spiro atoms. The zero-order valence-corrected chi connectivity index (χ0v) is 21.1. The van der Waals surface area contributed by atoms with E-state index >= 15 is 0 Å². The van der Waals surface area contributed by atoms with Crippen LogP contribution in [0.5, 0.6) is 5.75 Å². The first-order valence-corrected chi connectivity index (χ1v) is 11.1. The SMILES string of the molecule is CCN1CCN(C(=O)NC(C(=O)NC2CN(S(=O)(=O)[O-])C2=O)c2ccc(O)cc2)C(=O)C1=O.[Na+]. The van der Waals surface area contributed by atoms with Gasteiger partial charge in [0, 0.05) is 19.6 Å². The second-order valence-corrected chi connectivity index (χ2v) is 8.50. The van der Waals surface area contributed by atoms with Gasteiger partial charge in [-0.1, -0.05) is 12.1 Å². The maximum atomic E-state index is 12.8. The van der Waals surface area contributed by atoms with E-state index in [2.05, 4.69) is 10.6 Å². The van der Waals surface area contributed by atoms with Crippen LogP contribution in [-0.2, 0) is 29.5 Å². The molecule has 3 rings (SSSR count). The van der Waals surface area contributed by atoms with Crippen molar-refractivity contribution in [1.82, 2.24) is 24.7 Å². The van der Waals surface area contributed by atoms with Crippen LogP contribution in [-0.4, -0.2) is 94.1 Å². The molecule has 0 aromatic heterocycles. The number of carbonyl (C=O) groups excluding carboxylic acids is 5. The molecule has 0 radical (unpaired) electrons. The fourth-order valence-corrected chi connectivity index (χ4v) is 3.98. The molecular weight excluding hydrogens is 485 g/mol. The maximum Gasteiger partial charge on any atom is 1.00 e. The fourth-order valence-electron chi connectivity index (χ4n) is 3.30. The number of phenols is 1. The van der Waals surface area contributed by atoms with Gasteiger partial charge in [-0.3, -0.25) is 24.1 Å². The van der Waals surface area contributed by atoms with Gasteiger partial charge >= 0.3 is 47.4 Å². The summed E-state index contributed by atoms with van der Waals surface area (Å²) in [6.45, 7) is 1.39. The number of aromatic hydroxyl groups is 1. The Hall–Kier alpha value is -2.72. The van der Waals surface area contributed by atoms with Crippen LogP contribution in [0.3, 0.4) is 0 Å². The number of imide groups is 1. The Balaban J connectivity index is 0.00000408. The van der Waals surface area contributed by atoms with Gasteiger partial charge in [0.1, 0.15) is 17.8 Å². The standard InChI is InChI=1S/C18H21N5O9S.Na/c1-2-21-7-8-22(17(28)16(21)27)18(29)20-13(10-3-5-11(24)6-4-10)14(25)19-12-9-23(15(12)26)33(30,31)32;/h3-6,12-13,24H,2,7-9H2,1H3,(H,19,25)(H,20,29)(H,30,31,32);/q;+1/p-1. The number of rotatable bonds is 6. The topological polar surface area (TPSA) is 197 Å². The van der Waals surface area contributed by atoms with E-state index in [0.29, 0.717) is 4.90 Å². The van der Waals surface area contributed by atoms with Crippen molar-refractivity contribution in [3.8, 4) is 5.75 Å². The van der Waals surface area contributed by atoms with Crippen LogP contribution in [0.25, 0.3) is 0 Å². The normalized spacial score (nSPS) is 19.2. The average Bonchev–Trinajstić information content (AvgIpc) is 2.75. The number of benzene rings is 1. The molecule has 2 atom stereocenters. The van der Waals surface area contributed by atoms with Gasteiger partial charge in [0.25, 0.3) is 5.91 Å². The quantitative estimate of drug-likeness (QED) is 0.146. The van der Waals surface area contributed by atoms with Gasteiger partial charge in [0.2, 0.25) is 5.91 Å². The third kappa shape index (κ3) is 5.67. The van der Waals surface area contributed by atoms with Crippen LogP contribution >= 0.6 is 0 Å². The molecule has 14 nitrogen and oxygen atoms in total. The molecule has 2 saturated heterocycles. The molecule has 178 valence electrons. The molecule has 16 heteroatoms. The predicted molar refractivity (Wildman–Crippen MR) is 107 cm³/mol. The summed E-state index contributed by atoms with van der Waals surface area (Å²) in [5.41, 5.74) is 0.157. The summed E-state index contributed by atoms with van der Waals surface area (Å²) in [6.07, 6.45) is 0. The minimum atomic E-state index is -5.01. The Morgan fingerprint density at radius 1 is 1.15 bits per heavy atom. The molecule has 0 bridgehead atoms. The molecule has 1 aromatic carbocycles. The third-order valence-corrected chi connectivity index (χ3v) is 6.04. The van der Waals surface area contributed by atoms with E-state index < -0.39 is 58.6 Å². The number of nitrogens with zero attached hydrogens (tertiary/aromatic N) is 3. The van der Waals surface area contributed by atoms with E-state index in [1.807, 2.05) is 0 Å². The van der Waals surface area contributed by atoms with Gasteiger partial charge in [0.05, 0.1) is 6.54 Å². The van der Waals surface area contributed by atoms with Crippen LogP contribution in [0.15, 0.2) is 24.3 Å². The van der Waals surface area contributed by atoms with Gasteiger partial charge in [-0.2, -0.15) is 0 Å². The number of carbonyl (C=O) groups is 5. The van der Waals surface area contributed by atoms with Gasteiger partial charge in [-0.25, -0.2) is 17.5 Å². The number of phenolic OH excluding ortho intramolecular Hbond substituents is 1. The number of hydrogen-bond donors (Lipinski definition) is 3. The van der Waals surface area contributed by atoms with E-state index in [-0.39, 0.29) is 64.8 Å². The average molecular weight is 505 g/mol. The third-order valence-electron chi connectivity index (χ3n) is 5.17. The summed E-state index contributed by atoms with van der Waals surface area (Å²) in [4.78, 5) is 63.7. The first-order valence-electron chi connectivity index (χ1n) is 9.72. The molecule has 2 fully saturated rings. The largest absolute Gasteiger partial charge is 1.00 e. The Labute approximate surface area is 216 Å². The minimum Gasteiger partial charge on any atom is -0.731 e. The van der Waals surface area contributed by atoms with Crippen molar-refractivity contribution in [3.63, 3.8) is 0 Å². The Kier molecular flexibility index (Phi) is 8.65. The number of urea groups is 1. The Bertz CT molecular complexity index is 1110. The molecule has 0 aliphatic carbocycles. The number of amides is 6. The molecule has 2 aliphatic heterocycles. The Morgan fingerprint density at radius 3 is 2.29 bits per heavy atom. The summed E-state index contributed by atoms with van der Waals surface area (Å²) in [6, 6.07) is 1.25. The zero-order chi connectivity index (χ0) is 24.5. The van der Waals surface area contributed by atoms with E-state index in [4.69, 9.17) is 0 Å². The first kappa shape index (κ1) is 27.5. The molecule has 3 N–H and O–H groups in total. The first-order chi connectivity index (χ1) is 15.4. The van der Waals surface area contributed by atoms with E-state index in [0.717, 1.165) is 0 Å². The summed E-state index contributed by atoms with van der Waals surface area (Å²) in [5, 5.41) is 14.0. The molecule has 6 amide bonds. The molecule has 1 aromatic rings. The second kappa shape index (κ2) is 10.7. The minimum absolute atomic E-state index is 0. The number of β-lactam (4-membered cyclic amide) rings is 1. The predicted octanol–water partition coefficient (Wildman–Crippen LogP) is -5.38. The monoisotopic (exact) mass is 505 g/mol. The number of likely N-dealkylation sites (N-methyl/N-ethyl adjacent to an activating group) is 1. The molecule has 2 unspecified atom stereocenters. The maximum absolute atomic E-state index is 12.8. The smallest absolute Gasteiger partial charge is 0.731 e. The van der Waals surface area contributed by atoms with Crippen LogP contribution in [0.1, 0.15) is 18.5 Å². The van der Waals surface area contributed by atoms with Gasteiger partial charge in [-0.05, 0) is 24.6 Å². The van der Waals surface area contributed by atoms with Crippen molar-refractivity contribution in [2.45, 2.75) is 19.0 Å². The number of piperazine rings is 1. The van der Waals surface area contributed by atoms with Crippen molar-refractivity contribution < 1.29 is 71.6 Å². The van der Waals surface area contributed by atoms with Crippen LogP contribution in [0.4, 0.5) is 4.79 Å². The van der Waals surface area contributed by atoms with Crippen LogP contribution < -0.4 is 40.2 Å². The molecule has 0 saturated carbocycles. The second-order valence-electron chi connectivity index (χ2n) is 7.20. The van der Waals surface area contributed by atoms with E-state index in [1.54, 1.807) is 6.92 Å². The molecule has 2 heterocycles. The number of nitrogens with one attached hydrogen (secondary N) is 2. The van der Waals surface area contributed by atoms with Gasteiger partial charge in [-0.15, -0.1) is 0 Å². The van der Waals surface area contributed by atoms with Crippen molar-refractivity contribution in [2.24, 2.45) is 0 Å². The molecular formula is C18H20N5NaO9S. The van der Waals surface area contributed by atoms with E-state index in [9.17, 15) is 42.0 Å². The summed E-state index contributed by atoms with van der Waals surface area (Å²) < 4.78 is 32.9. The summed E-state index contributed by atoms with van der Waals surface area (Å²) in [7, 11) is -5.01. The Morgan fingerprint density at radius 2 is 1.76 bits per heavy atom. The zero-order valence-electron chi connectivity index (χ0n) is 18.3. The molecule has 34 heavy (non-hydrogen) atoms. The van der Waals surface area contributed by atoms with Gasteiger partial charge < -0.3 is 25.2 Å². The van der Waals surface area contributed by atoms with Gasteiger partial charge in [0.15, 0.2) is 10.3 Å². The molecule has 2 aliphatic rings. The van der Waals surface area contributed by atoms with Crippen molar-refractivity contribution in [3.05, 3.63) is 29.8 Å². The number of hydrogen-bond acceptors (Lipinski definition) is 9.